The summed E-state index contributed by atoms with van der Waals surface area (Å²) in [6, 6.07) is 21.4. The number of rotatable bonds is 2. The lowest BCUT2D eigenvalue weighted by atomic mass is 9.15. The predicted octanol–water partition coefficient (Wildman–Crippen LogP) is 4.09. The number of hydrogen-bond acceptors (Lipinski definition) is 3. The molecule has 0 atom stereocenters. The van der Waals surface area contributed by atoms with Crippen LogP contribution in [0.3, 0.4) is 0 Å². The molecule has 0 saturated carbocycles. The summed E-state index contributed by atoms with van der Waals surface area (Å²) in [5, 5.41) is 10.7. The fourth-order valence-electron chi connectivity index (χ4n) is 4.69. The molecule has 3 aromatic carbocycles. The fourth-order valence-corrected chi connectivity index (χ4v) is 5.94. The molecule has 1 heterocycles. The molecule has 4 rings (SSSR count). The summed E-state index contributed by atoms with van der Waals surface area (Å²) >= 11 is 1.78. The largest absolute Gasteiger partial charge is 0.300 e. The molecule has 164 valence electrons. The van der Waals surface area contributed by atoms with Crippen molar-refractivity contribution in [2.75, 3.05) is 21.1 Å². The lowest BCUT2D eigenvalue weighted by molar-refractivity contribution is -0.114. The molecular weight excluding hydrogens is 411 g/mol. The molecular formula is C27H31BN2OS. The third-order valence-corrected chi connectivity index (χ3v) is 7.15. The van der Waals surface area contributed by atoms with Crippen LogP contribution in [-0.4, -0.2) is 33.1 Å². The molecule has 0 saturated heterocycles. The van der Waals surface area contributed by atoms with E-state index in [0.717, 1.165) is 15.4 Å². The van der Waals surface area contributed by atoms with Crippen molar-refractivity contribution < 1.29 is 4.79 Å². The first-order chi connectivity index (χ1) is 15.0. The van der Waals surface area contributed by atoms with E-state index in [1.165, 1.54) is 45.9 Å². The first-order valence-electron chi connectivity index (χ1n) is 10.9. The summed E-state index contributed by atoms with van der Waals surface area (Å²) in [7, 11) is 6.54. The van der Waals surface area contributed by atoms with Gasteiger partial charge in [-0.05, 0) is 49.6 Å². The van der Waals surface area contributed by atoms with E-state index in [1.54, 1.807) is 11.8 Å². The number of Topliss-reactive ketones (excluding diaryl/α,β-unsaturated/α-hetero) is 1. The number of aryl methyl sites for hydroxylation is 2. The second-order valence-corrected chi connectivity index (χ2v) is 10.7. The summed E-state index contributed by atoms with van der Waals surface area (Å²) in [4.78, 5) is 11.8. The number of hydrogen-bond donors (Lipinski definition) is 0. The maximum Gasteiger partial charge on any atom is 0.185 e. The first kappa shape index (κ1) is 23.8. The quantitative estimate of drug-likeness (QED) is 0.444. The number of quaternary nitrogens is 1. The lowest BCUT2D eigenvalue weighted by Gasteiger charge is -2.44. The monoisotopic (exact) mass is 442 g/mol. The zero-order valence-electron chi connectivity index (χ0n) is 20.1. The highest BCUT2D eigenvalue weighted by atomic mass is 32.2. The Morgan fingerprint density at radius 1 is 0.875 bits per heavy atom. The Balaban J connectivity index is 0.000000668. The van der Waals surface area contributed by atoms with Crippen molar-refractivity contribution in [1.82, 2.24) is 4.48 Å². The van der Waals surface area contributed by atoms with Crippen molar-refractivity contribution in [2.24, 2.45) is 0 Å². The number of carbonyl (C=O) groups is 1. The van der Waals surface area contributed by atoms with Gasteiger partial charge in [0, 0.05) is 0 Å². The van der Waals surface area contributed by atoms with Gasteiger partial charge in [-0.1, -0.05) is 71.4 Å². The average molecular weight is 442 g/mol. The summed E-state index contributed by atoms with van der Waals surface area (Å²) in [6.07, 6.45) is -1.68. The molecule has 0 spiro atoms. The van der Waals surface area contributed by atoms with Gasteiger partial charge in [-0.25, -0.2) is 5.26 Å². The standard InChI is InChI=1S/C24H25BN2S.C3H6O/c1-17-14-19(27(3,4)5)15-18(2)24(17)25(16-26)20-10-6-8-12-22(20)28-23-13-9-7-11-21(23)25;1-3(2)4/h6-15H,1-5H3;1-2H3. The van der Waals surface area contributed by atoms with Crippen LogP contribution in [0.2, 0.25) is 0 Å². The van der Waals surface area contributed by atoms with Gasteiger partial charge in [0.1, 0.15) is 11.5 Å². The van der Waals surface area contributed by atoms with Crippen LogP contribution in [0, 0.1) is 25.1 Å². The van der Waals surface area contributed by atoms with E-state index in [4.69, 9.17) is 0 Å². The van der Waals surface area contributed by atoms with Crippen molar-refractivity contribution in [3.63, 3.8) is 0 Å². The molecule has 0 radical (unpaired) electrons. The summed E-state index contributed by atoms with van der Waals surface area (Å²) < 4.78 is 0.761. The predicted molar refractivity (Wildman–Crippen MR) is 139 cm³/mol. The molecule has 3 aromatic rings. The molecule has 1 aliphatic heterocycles. The van der Waals surface area contributed by atoms with E-state index >= 15 is 0 Å². The molecule has 1 aliphatic rings. The molecule has 0 N–H and O–H groups in total. The summed E-state index contributed by atoms with van der Waals surface area (Å²) in [6.45, 7) is 7.38. The summed E-state index contributed by atoms with van der Waals surface area (Å²) in [5.74, 6) is 3.00. The van der Waals surface area contributed by atoms with Crippen LogP contribution in [-0.2, 0) is 4.79 Å². The zero-order chi connectivity index (χ0) is 23.7. The van der Waals surface area contributed by atoms with Gasteiger partial charge < -0.3 is 4.79 Å². The second kappa shape index (κ2) is 8.98. The normalized spacial score (nSPS) is 13.7. The number of benzene rings is 3. The van der Waals surface area contributed by atoms with Crippen molar-refractivity contribution in [1.29, 1.82) is 5.26 Å². The average Bonchev–Trinajstić information content (AvgIpc) is 2.71. The molecule has 0 aromatic heterocycles. The van der Waals surface area contributed by atoms with E-state index < -0.39 is 6.15 Å². The van der Waals surface area contributed by atoms with Gasteiger partial charge in [0.25, 0.3) is 0 Å². The minimum absolute atomic E-state index is 0.167. The molecule has 0 unspecified atom stereocenters. The number of nitrogens with zero attached hydrogens (tertiary/aromatic N) is 2. The van der Waals surface area contributed by atoms with Gasteiger partial charge in [-0.15, -0.1) is 5.97 Å². The van der Waals surface area contributed by atoms with Crippen LogP contribution < -0.4 is 20.9 Å². The summed E-state index contributed by atoms with van der Waals surface area (Å²) in [5.41, 5.74) is 7.13. The smallest absolute Gasteiger partial charge is 0.185 e. The second-order valence-electron chi connectivity index (χ2n) is 9.59. The van der Waals surface area contributed by atoms with Crippen LogP contribution in [0.5, 0.6) is 0 Å². The van der Waals surface area contributed by atoms with Crippen molar-refractivity contribution in [3.8, 4) is 5.97 Å². The number of ketones is 1. The minimum atomic E-state index is -1.68. The SMILES string of the molecule is CC(C)=O.Cc1cc([N+](C)(C)C)cc(C)c1[B-]1(C#N)c2ccccc2Sc2ccccc21. The van der Waals surface area contributed by atoms with Gasteiger partial charge in [0.15, 0.2) is 6.15 Å². The first-order valence-corrected chi connectivity index (χ1v) is 11.7. The minimum Gasteiger partial charge on any atom is -0.300 e. The van der Waals surface area contributed by atoms with Crippen LogP contribution in [0.1, 0.15) is 25.0 Å². The van der Waals surface area contributed by atoms with Gasteiger partial charge >= 0.3 is 0 Å². The third kappa shape index (κ3) is 4.26. The van der Waals surface area contributed by atoms with Crippen LogP contribution in [0.25, 0.3) is 0 Å². The molecule has 0 bridgehead atoms. The fraction of sp³-hybridized carbons (Fsp3) is 0.259. The number of nitriles is 1. The Morgan fingerprint density at radius 3 is 1.66 bits per heavy atom. The number of fused-ring (bicyclic) bond motifs is 2. The molecule has 5 heteroatoms. The Hall–Kier alpha value is -2.81. The molecule has 32 heavy (non-hydrogen) atoms. The molecule has 0 aliphatic carbocycles. The highest BCUT2D eigenvalue weighted by molar-refractivity contribution is 8.00. The van der Waals surface area contributed by atoms with Crippen molar-refractivity contribution in [3.05, 3.63) is 71.8 Å². The van der Waals surface area contributed by atoms with Gasteiger partial charge in [-0.2, -0.15) is 16.4 Å². The van der Waals surface area contributed by atoms with E-state index in [-0.39, 0.29) is 5.78 Å². The van der Waals surface area contributed by atoms with Crippen LogP contribution in [0.4, 0.5) is 5.69 Å². The van der Waals surface area contributed by atoms with E-state index in [0.29, 0.717) is 0 Å². The van der Waals surface area contributed by atoms with Crippen LogP contribution >= 0.6 is 11.8 Å². The highest BCUT2D eigenvalue weighted by Gasteiger charge is 2.39. The van der Waals surface area contributed by atoms with Crippen LogP contribution in [0.15, 0.2) is 70.5 Å². The maximum atomic E-state index is 10.7. The Labute approximate surface area is 196 Å². The highest BCUT2D eigenvalue weighted by Crippen LogP contribution is 2.33. The van der Waals surface area contributed by atoms with E-state index in [9.17, 15) is 10.1 Å². The maximum absolute atomic E-state index is 10.7. The topological polar surface area (TPSA) is 40.9 Å². The lowest BCUT2D eigenvalue weighted by Crippen LogP contribution is -2.70. The molecule has 0 fully saturated rings. The van der Waals surface area contributed by atoms with E-state index in [2.05, 4.69) is 102 Å². The van der Waals surface area contributed by atoms with Crippen molar-refractivity contribution in [2.45, 2.75) is 37.5 Å². The Bertz CT molecular complexity index is 1150. The molecule has 3 nitrogen and oxygen atoms in total. The van der Waals surface area contributed by atoms with Crippen molar-refractivity contribution >= 4 is 45.8 Å². The van der Waals surface area contributed by atoms with Gasteiger partial charge in [0.05, 0.1) is 21.1 Å². The molecule has 0 amide bonds. The number of carbonyl (C=O) groups excluding carboxylic acids is 1. The van der Waals surface area contributed by atoms with Gasteiger partial charge in [0.2, 0.25) is 0 Å². The van der Waals surface area contributed by atoms with E-state index in [1.807, 2.05) is 0 Å². The zero-order valence-corrected chi connectivity index (χ0v) is 20.9. The Kier molecular flexibility index (Phi) is 6.69. The third-order valence-electron chi connectivity index (χ3n) is 5.97. The van der Waals surface area contributed by atoms with Gasteiger partial charge in [-0.3, -0.25) is 4.48 Å². The Morgan fingerprint density at radius 2 is 1.28 bits per heavy atom.